The Balaban J connectivity index is 1.87. The molecular formula is C20H16Br2N2O2S. The molecule has 2 unspecified atom stereocenters. The van der Waals surface area contributed by atoms with Crippen LogP contribution in [0.4, 0.5) is 16.2 Å². The number of carbonyl (C=O) groups excluding carboxylic acids is 1. The lowest BCUT2D eigenvalue weighted by atomic mass is 9.97. The van der Waals surface area contributed by atoms with E-state index >= 15 is 0 Å². The lowest BCUT2D eigenvalue weighted by molar-refractivity contribution is 0.0376. The van der Waals surface area contributed by atoms with Gasteiger partial charge in [-0.15, -0.1) is 0 Å². The highest BCUT2D eigenvalue weighted by molar-refractivity contribution is 9.10. The van der Waals surface area contributed by atoms with Gasteiger partial charge >= 0.3 is 6.03 Å². The topological polar surface area (TPSA) is 43.8 Å². The van der Waals surface area contributed by atoms with E-state index in [4.69, 9.17) is 0 Å². The molecule has 2 aromatic carbocycles. The van der Waals surface area contributed by atoms with Gasteiger partial charge in [0.05, 0.1) is 6.04 Å². The van der Waals surface area contributed by atoms with Gasteiger partial charge in [0.2, 0.25) is 0 Å². The van der Waals surface area contributed by atoms with Gasteiger partial charge in [-0.3, -0.25) is 9.80 Å². The summed E-state index contributed by atoms with van der Waals surface area (Å²) in [6.45, 7) is 1.87. The van der Waals surface area contributed by atoms with Crippen LogP contribution in [0.3, 0.4) is 0 Å². The first-order valence-corrected chi connectivity index (χ1v) is 10.9. The van der Waals surface area contributed by atoms with Crippen molar-refractivity contribution in [2.75, 3.05) is 9.80 Å². The molecule has 1 saturated heterocycles. The van der Waals surface area contributed by atoms with Crippen LogP contribution in [-0.2, 0) is 5.72 Å². The number of urea groups is 1. The van der Waals surface area contributed by atoms with Gasteiger partial charge in [-0.1, -0.05) is 31.9 Å². The van der Waals surface area contributed by atoms with E-state index < -0.39 is 11.8 Å². The summed E-state index contributed by atoms with van der Waals surface area (Å²) < 4.78 is 1.85. The quantitative estimate of drug-likeness (QED) is 0.475. The number of halogens is 2. The van der Waals surface area contributed by atoms with Gasteiger partial charge < -0.3 is 5.11 Å². The summed E-state index contributed by atoms with van der Waals surface area (Å²) in [7, 11) is 0. The molecule has 1 aromatic heterocycles. The minimum Gasteiger partial charge on any atom is -0.365 e. The summed E-state index contributed by atoms with van der Waals surface area (Å²) in [6, 6.07) is 16.0. The maximum absolute atomic E-state index is 13.5. The first kappa shape index (κ1) is 18.7. The Morgan fingerprint density at radius 1 is 0.963 bits per heavy atom. The van der Waals surface area contributed by atoms with E-state index in [1.807, 2.05) is 72.3 Å². The van der Waals surface area contributed by atoms with Crippen molar-refractivity contribution in [3.63, 3.8) is 0 Å². The molecule has 1 aliphatic rings. The third kappa shape index (κ3) is 3.02. The van der Waals surface area contributed by atoms with Crippen molar-refractivity contribution in [3.05, 3.63) is 79.9 Å². The lowest BCUT2D eigenvalue weighted by Crippen LogP contribution is -2.48. The number of aliphatic hydroxyl groups is 1. The average molecular weight is 508 g/mol. The van der Waals surface area contributed by atoms with Crippen LogP contribution in [0, 0.1) is 0 Å². The zero-order valence-corrected chi connectivity index (χ0v) is 18.3. The molecule has 1 fully saturated rings. The molecule has 2 atom stereocenters. The van der Waals surface area contributed by atoms with Crippen LogP contribution >= 0.6 is 43.2 Å². The van der Waals surface area contributed by atoms with Crippen LogP contribution in [0.25, 0.3) is 0 Å². The highest BCUT2D eigenvalue weighted by Gasteiger charge is 2.56. The molecule has 1 aliphatic heterocycles. The zero-order chi connectivity index (χ0) is 19.2. The molecule has 4 rings (SSSR count). The second-order valence-corrected chi connectivity index (χ2v) is 8.97. The van der Waals surface area contributed by atoms with Crippen molar-refractivity contribution >= 4 is 60.6 Å². The maximum Gasteiger partial charge on any atom is 0.332 e. The van der Waals surface area contributed by atoms with E-state index in [9.17, 15) is 9.90 Å². The second kappa shape index (κ2) is 7.05. The van der Waals surface area contributed by atoms with Crippen molar-refractivity contribution in [2.45, 2.75) is 18.7 Å². The fourth-order valence-electron chi connectivity index (χ4n) is 3.46. The molecule has 0 spiro atoms. The van der Waals surface area contributed by atoms with Crippen molar-refractivity contribution in [3.8, 4) is 0 Å². The van der Waals surface area contributed by atoms with Gasteiger partial charge in [0.1, 0.15) is 0 Å². The van der Waals surface area contributed by atoms with Gasteiger partial charge in [-0.05, 0) is 72.3 Å². The van der Waals surface area contributed by atoms with Gasteiger partial charge in [0.15, 0.2) is 5.72 Å². The van der Waals surface area contributed by atoms with Crippen molar-refractivity contribution in [1.29, 1.82) is 0 Å². The maximum atomic E-state index is 13.5. The van der Waals surface area contributed by atoms with Crippen molar-refractivity contribution in [2.24, 2.45) is 0 Å². The Labute approximate surface area is 178 Å². The van der Waals surface area contributed by atoms with Crippen LogP contribution in [0.15, 0.2) is 74.3 Å². The van der Waals surface area contributed by atoms with Crippen molar-refractivity contribution < 1.29 is 9.90 Å². The number of rotatable bonds is 3. The normalized spacial score (nSPS) is 22.5. The smallest absolute Gasteiger partial charge is 0.332 e. The van der Waals surface area contributed by atoms with Crippen LogP contribution in [0.1, 0.15) is 12.5 Å². The molecule has 0 saturated carbocycles. The minimum atomic E-state index is -1.47. The molecule has 2 heterocycles. The summed E-state index contributed by atoms with van der Waals surface area (Å²) in [5, 5.41) is 15.6. The van der Waals surface area contributed by atoms with E-state index in [1.54, 1.807) is 4.90 Å². The molecule has 2 amide bonds. The van der Waals surface area contributed by atoms with Gasteiger partial charge in [-0.25, -0.2) is 4.79 Å². The summed E-state index contributed by atoms with van der Waals surface area (Å²) in [4.78, 5) is 16.6. The van der Waals surface area contributed by atoms with Crippen molar-refractivity contribution in [1.82, 2.24) is 0 Å². The van der Waals surface area contributed by atoms with Gasteiger partial charge in [0.25, 0.3) is 0 Å². The van der Waals surface area contributed by atoms with Gasteiger partial charge in [0, 0.05) is 25.9 Å². The first-order valence-electron chi connectivity index (χ1n) is 8.32. The molecule has 1 N–H and O–H groups in total. The molecular weight excluding hydrogens is 492 g/mol. The first-order chi connectivity index (χ1) is 12.9. The zero-order valence-electron chi connectivity index (χ0n) is 14.3. The lowest BCUT2D eigenvalue weighted by Gasteiger charge is -2.34. The SMILES string of the molecule is CC1N(c2ccc(Br)cc2)C(=O)N(c2ccc(Br)cc2)C1(O)c1ccsc1. The number of benzene rings is 2. The summed E-state index contributed by atoms with van der Waals surface area (Å²) in [5.41, 5.74) is 0.612. The van der Waals surface area contributed by atoms with Crippen LogP contribution < -0.4 is 9.80 Å². The highest BCUT2D eigenvalue weighted by atomic mass is 79.9. The monoisotopic (exact) mass is 506 g/mol. The van der Waals surface area contributed by atoms with E-state index in [0.29, 0.717) is 11.3 Å². The van der Waals surface area contributed by atoms with Crippen LogP contribution in [-0.4, -0.2) is 17.2 Å². The molecule has 7 heteroatoms. The fourth-order valence-corrected chi connectivity index (χ4v) is 4.69. The van der Waals surface area contributed by atoms with Crippen LogP contribution in [0.2, 0.25) is 0 Å². The number of amides is 2. The number of carbonyl (C=O) groups is 1. The molecule has 0 radical (unpaired) electrons. The van der Waals surface area contributed by atoms with Gasteiger partial charge in [-0.2, -0.15) is 11.3 Å². The fraction of sp³-hybridized carbons (Fsp3) is 0.150. The predicted molar refractivity (Wildman–Crippen MR) is 116 cm³/mol. The summed E-state index contributed by atoms with van der Waals surface area (Å²) in [5.74, 6) is 0. The minimum absolute atomic E-state index is 0.263. The van der Waals surface area contributed by atoms with E-state index in [1.165, 1.54) is 16.2 Å². The Bertz CT molecular complexity index is 961. The average Bonchev–Trinajstić information content (AvgIpc) is 3.25. The second-order valence-electron chi connectivity index (χ2n) is 6.35. The van der Waals surface area contributed by atoms with E-state index in [0.717, 1.165) is 14.6 Å². The molecule has 4 nitrogen and oxygen atoms in total. The number of hydrogen-bond acceptors (Lipinski definition) is 3. The molecule has 3 aromatic rings. The largest absolute Gasteiger partial charge is 0.365 e. The third-order valence-electron chi connectivity index (χ3n) is 4.84. The predicted octanol–water partition coefficient (Wildman–Crippen LogP) is 5.95. The standard InChI is InChI=1S/C20H16Br2N2O2S/c1-13-20(26,14-10-11-27-12-14)24(18-8-4-16(22)5-9-18)19(25)23(13)17-6-2-15(21)3-7-17/h2-13,26H,1H3. The Morgan fingerprint density at radius 3 is 2.04 bits per heavy atom. The Kier molecular flexibility index (Phi) is 4.88. The Hall–Kier alpha value is -1.67. The summed E-state index contributed by atoms with van der Waals surface area (Å²) in [6.07, 6.45) is 0. The van der Waals surface area contributed by atoms with E-state index in [-0.39, 0.29) is 6.03 Å². The molecule has 138 valence electrons. The number of hydrogen-bond donors (Lipinski definition) is 1. The molecule has 27 heavy (non-hydrogen) atoms. The highest BCUT2D eigenvalue weighted by Crippen LogP contribution is 2.45. The number of nitrogens with zero attached hydrogens (tertiary/aromatic N) is 2. The third-order valence-corrected chi connectivity index (χ3v) is 6.58. The van der Waals surface area contributed by atoms with Crippen LogP contribution in [0.5, 0.6) is 0 Å². The summed E-state index contributed by atoms with van der Waals surface area (Å²) >= 11 is 8.35. The number of thiophene rings is 1. The molecule has 0 bridgehead atoms. The van der Waals surface area contributed by atoms with E-state index in [2.05, 4.69) is 31.9 Å². The number of anilines is 2. The Morgan fingerprint density at radius 2 is 1.52 bits per heavy atom. The molecule has 0 aliphatic carbocycles.